The molecule has 3 aliphatic carbocycles. The van der Waals surface area contributed by atoms with Gasteiger partial charge < -0.3 is 14.7 Å². The maximum absolute atomic E-state index is 2.83. The van der Waals surface area contributed by atoms with Gasteiger partial charge in [0.1, 0.15) is 0 Å². The first-order chi connectivity index (χ1) is 38.3. The Morgan fingerprint density at radius 2 is 0.890 bits per heavy atom. The highest BCUT2D eigenvalue weighted by Gasteiger charge is 2.58. The number of nitrogens with zero attached hydrogens (tertiary/aromatic N) is 3. The second-order valence-electron chi connectivity index (χ2n) is 32.7. The Labute approximate surface area is 495 Å². The van der Waals surface area contributed by atoms with Crippen molar-refractivity contribution < 1.29 is 0 Å². The Bertz CT molecular complexity index is 3770. The van der Waals surface area contributed by atoms with Crippen molar-refractivity contribution in [3.8, 4) is 11.1 Å². The molecule has 0 amide bonds. The van der Waals surface area contributed by atoms with Gasteiger partial charge in [0.25, 0.3) is 6.71 Å². The maximum Gasteiger partial charge on any atom is 0.252 e. The van der Waals surface area contributed by atoms with Gasteiger partial charge in [-0.1, -0.05) is 204 Å². The number of anilines is 8. The molecule has 0 aromatic heterocycles. The molecule has 7 aromatic carbocycles. The summed E-state index contributed by atoms with van der Waals surface area (Å²) in [6.07, 6.45) is 9.53. The Morgan fingerprint density at radius 1 is 0.366 bits per heavy atom. The number of fused-ring (bicyclic) bond motifs is 9. The Hall–Kier alpha value is -6.00. The summed E-state index contributed by atoms with van der Waals surface area (Å²) >= 11 is 0. The van der Waals surface area contributed by atoms with Gasteiger partial charge in [0.15, 0.2) is 0 Å². The summed E-state index contributed by atoms with van der Waals surface area (Å²) in [6.45, 7) is 46.7. The third-order valence-corrected chi connectivity index (χ3v) is 22.4. The van der Waals surface area contributed by atoms with E-state index in [0.29, 0.717) is 0 Å². The molecule has 13 rings (SSSR count). The van der Waals surface area contributed by atoms with Gasteiger partial charge in [-0.25, -0.2) is 0 Å². The minimum absolute atomic E-state index is 0.00307. The number of rotatable bonds is 4. The summed E-state index contributed by atoms with van der Waals surface area (Å²) in [5, 5.41) is 0. The van der Waals surface area contributed by atoms with Crippen molar-refractivity contribution in [1.29, 1.82) is 0 Å². The van der Waals surface area contributed by atoms with Crippen LogP contribution in [0.2, 0.25) is 0 Å². The molecule has 4 heteroatoms. The van der Waals surface area contributed by atoms with Crippen molar-refractivity contribution >= 4 is 68.6 Å². The lowest BCUT2D eigenvalue weighted by Crippen LogP contribution is -2.62. The second-order valence-corrected chi connectivity index (χ2v) is 32.7. The van der Waals surface area contributed by atoms with E-state index in [9.17, 15) is 0 Å². The third-order valence-electron chi connectivity index (χ3n) is 22.4. The predicted molar refractivity (Wildman–Crippen MR) is 355 cm³/mol. The SMILES string of the molecule is CC(C)(C)c1ccc(N2c3cc(N4c5ccc(C(C)(C)C)cc5C5(C)CCCCC45C)ccc3B3c4cc5c(cc4N(c4ccc6c(c4)C(C)(C)CCC6(C)C)c4cc(C(C)(C)C)cc2c43)C(C)(C)CCC5(C)C)c(-c2ccccc2)c1. The molecule has 3 aliphatic heterocycles. The summed E-state index contributed by atoms with van der Waals surface area (Å²) in [5.41, 5.74) is 28.7. The molecule has 3 nitrogen and oxygen atoms in total. The van der Waals surface area contributed by atoms with Gasteiger partial charge in [-0.3, -0.25) is 0 Å². The van der Waals surface area contributed by atoms with E-state index in [4.69, 9.17) is 0 Å². The number of hydrogen-bond acceptors (Lipinski definition) is 3. The first-order valence-electron chi connectivity index (χ1n) is 31.7. The monoisotopic (exact) mass is 1080 g/mol. The van der Waals surface area contributed by atoms with Crippen LogP contribution >= 0.6 is 0 Å². The first-order valence-corrected chi connectivity index (χ1v) is 31.7. The van der Waals surface area contributed by atoms with Gasteiger partial charge in [-0.15, -0.1) is 0 Å². The van der Waals surface area contributed by atoms with Crippen molar-refractivity contribution in [2.24, 2.45) is 0 Å². The normalized spacial score (nSPS) is 22.6. The van der Waals surface area contributed by atoms with E-state index in [-0.39, 0.29) is 55.6 Å². The number of benzene rings is 7. The topological polar surface area (TPSA) is 9.72 Å². The van der Waals surface area contributed by atoms with E-state index < -0.39 is 0 Å². The molecular formula is C78H94BN3. The van der Waals surface area contributed by atoms with E-state index in [1.54, 1.807) is 0 Å². The minimum Gasteiger partial charge on any atom is -0.334 e. The molecule has 2 atom stereocenters. The molecule has 0 saturated heterocycles. The Morgan fingerprint density at radius 3 is 1.51 bits per heavy atom. The molecule has 2 unspecified atom stereocenters. The van der Waals surface area contributed by atoms with Crippen LogP contribution in [-0.2, 0) is 43.3 Å². The average molecular weight is 1080 g/mol. The molecule has 424 valence electrons. The van der Waals surface area contributed by atoms with Gasteiger partial charge in [0, 0.05) is 50.8 Å². The number of hydrogen-bond donors (Lipinski definition) is 0. The van der Waals surface area contributed by atoms with Crippen molar-refractivity contribution in [1.82, 2.24) is 0 Å². The molecule has 3 heterocycles. The van der Waals surface area contributed by atoms with Crippen molar-refractivity contribution in [3.63, 3.8) is 0 Å². The smallest absolute Gasteiger partial charge is 0.252 e. The zero-order valence-corrected chi connectivity index (χ0v) is 53.7. The van der Waals surface area contributed by atoms with Crippen LogP contribution in [0, 0.1) is 0 Å². The molecule has 1 fully saturated rings. The quantitative estimate of drug-likeness (QED) is 0.163. The lowest BCUT2D eigenvalue weighted by atomic mass is 9.33. The van der Waals surface area contributed by atoms with Crippen LogP contribution < -0.4 is 31.1 Å². The van der Waals surface area contributed by atoms with Gasteiger partial charge in [-0.05, 0) is 210 Å². The fraction of sp³-hybridized carbons (Fsp3) is 0.462. The summed E-state index contributed by atoms with van der Waals surface area (Å²) in [5.74, 6) is 0. The van der Waals surface area contributed by atoms with Crippen molar-refractivity contribution in [2.45, 2.75) is 232 Å². The van der Waals surface area contributed by atoms with Gasteiger partial charge in [0.05, 0.1) is 11.2 Å². The van der Waals surface area contributed by atoms with E-state index in [0.717, 1.165) is 6.42 Å². The van der Waals surface area contributed by atoms with Crippen LogP contribution in [-0.4, -0.2) is 12.3 Å². The van der Waals surface area contributed by atoms with Crippen LogP contribution in [0.5, 0.6) is 0 Å². The lowest BCUT2D eigenvalue weighted by molar-refractivity contribution is 0.195. The minimum atomic E-state index is -0.159. The summed E-state index contributed by atoms with van der Waals surface area (Å²) < 4.78 is 0. The maximum atomic E-state index is 2.83. The molecule has 7 aromatic rings. The average Bonchev–Trinajstić information content (AvgIpc) is 1.15. The predicted octanol–water partition coefficient (Wildman–Crippen LogP) is 19.8. The molecule has 6 aliphatic rings. The summed E-state index contributed by atoms with van der Waals surface area (Å²) in [6, 6.07) is 52.4. The van der Waals surface area contributed by atoms with Crippen LogP contribution in [0.3, 0.4) is 0 Å². The van der Waals surface area contributed by atoms with Crippen LogP contribution in [0.1, 0.15) is 227 Å². The highest BCUT2D eigenvalue weighted by atomic mass is 15.3. The Balaban J connectivity index is 1.16. The first kappa shape index (κ1) is 55.2. The molecule has 1 saturated carbocycles. The van der Waals surface area contributed by atoms with E-state index >= 15 is 0 Å². The molecule has 0 bridgehead atoms. The van der Waals surface area contributed by atoms with Crippen LogP contribution in [0.25, 0.3) is 11.1 Å². The zero-order valence-electron chi connectivity index (χ0n) is 53.7. The zero-order chi connectivity index (χ0) is 58.4. The Kier molecular flexibility index (Phi) is 12.0. The molecule has 82 heavy (non-hydrogen) atoms. The molecule has 0 spiro atoms. The van der Waals surface area contributed by atoms with Crippen LogP contribution in [0.15, 0.2) is 127 Å². The molecule has 0 N–H and O–H groups in total. The fourth-order valence-electron chi connectivity index (χ4n) is 16.5. The van der Waals surface area contributed by atoms with Crippen LogP contribution in [0.4, 0.5) is 45.5 Å². The van der Waals surface area contributed by atoms with E-state index in [1.165, 1.54) is 162 Å². The standard InChI is InChI=1S/C78H94BN3/c1-70(2,3)50-27-33-63(55(41-50)49-25-21-20-22-26-49)81-65-46-54(82-64-34-28-51(71(4,5)6)42-60(64)77(18)35-23-24-36-78(77,82)19)30-32-61(65)79-62-47-58-59(76(16,17)40-39-75(58,14)15)48-66(62)80(67-43-52(72(7,8)9)44-68(81)69(67)79)53-29-31-56-57(45-53)74(12,13)38-37-73(56,10)11/h20-22,25-34,41-48H,23-24,35-40H2,1-19H3. The van der Waals surface area contributed by atoms with Gasteiger partial charge >= 0.3 is 0 Å². The molecular weight excluding hydrogens is 990 g/mol. The van der Waals surface area contributed by atoms with E-state index in [2.05, 4.69) is 274 Å². The van der Waals surface area contributed by atoms with Crippen molar-refractivity contribution in [3.05, 3.63) is 172 Å². The molecule has 0 radical (unpaired) electrons. The van der Waals surface area contributed by atoms with Crippen molar-refractivity contribution in [2.75, 3.05) is 14.7 Å². The largest absolute Gasteiger partial charge is 0.334 e. The summed E-state index contributed by atoms with van der Waals surface area (Å²) in [4.78, 5) is 8.34. The third kappa shape index (κ3) is 8.15. The van der Waals surface area contributed by atoms with E-state index in [1.807, 2.05) is 0 Å². The summed E-state index contributed by atoms with van der Waals surface area (Å²) in [7, 11) is 0. The second kappa shape index (κ2) is 17.8. The highest BCUT2D eigenvalue weighted by Crippen LogP contribution is 2.62. The fourth-order valence-corrected chi connectivity index (χ4v) is 16.5. The lowest BCUT2D eigenvalue weighted by Gasteiger charge is -2.51. The van der Waals surface area contributed by atoms with Gasteiger partial charge in [0.2, 0.25) is 0 Å². The van der Waals surface area contributed by atoms with Gasteiger partial charge in [-0.2, -0.15) is 0 Å². The highest BCUT2D eigenvalue weighted by molar-refractivity contribution is 7.00.